The van der Waals surface area contributed by atoms with Crippen molar-refractivity contribution in [3.05, 3.63) is 66.5 Å². The number of aromatic nitrogens is 2. The molecule has 4 rings (SSSR count). The summed E-state index contributed by atoms with van der Waals surface area (Å²) in [6.45, 7) is 0.884. The lowest BCUT2D eigenvalue weighted by Crippen LogP contribution is -2.29. The maximum absolute atomic E-state index is 12.4. The molecule has 0 aliphatic rings. The van der Waals surface area contributed by atoms with Crippen LogP contribution in [0.4, 0.5) is 0 Å². The van der Waals surface area contributed by atoms with Gasteiger partial charge in [0, 0.05) is 35.2 Å². The molecule has 5 heteroatoms. The van der Waals surface area contributed by atoms with Crippen LogP contribution in [0.2, 0.25) is 0 Å². The molecule has 0 fully saturated rings. The zero-order valence-electron chi connectivity index (χ0n) is 14.7. The minimum Gasteiger partial charge on any atom is -0.495 e. The Morgan fingerprint density at radius 1 is 1.15 bits per heavy atom. The van der Waals surface area contributed by atoms with Gasteiger partial charge >= 0.3 is 0 Å². The first-order valence-electron chi connectivity index (χ1n) is 8.70. The van der Waals surface area contributed by atoms with Crippen LogP contribution in [0.25, 0.3) is 21.8 Å². The summed E-state index contributed by atoms with van der Waals surface area (Å²) in [5.41, 5.74) is 3.29. The van der Waals surface area contributed by atoms with Crippen LogP contribution in [0, 0.1) is 0 Å². The standard InChI is InChI=1S/C21H21N3O2/c1-26-19-8-4-5-15-10-12-24(21(15)19)14-20(25)22-11-9-16-13-23-18-7-3-2-6-17(16)18/h2-8,10,12-13,23H,9,11,14H2,1H3,(H,22,25). The number of carbonyl (C=O) groups is 1. The number of benzene rings is 2. The van der Waals surface area contributed by atoms with E-state index in [1.807, 2.05) is 53.4 Å². The third-order valence-electron chi connectivity index (χ3n) is 4.68. The predicted octanol–water partition coefficient (Wildman–Crippen LogP) is 3.49. The van der Waals surface area contributed by atoms with Gasteiger partial charge in [0.25, 0.3) is 0 Å². The molecular weight excluding hydrogens is 326 g/mol. The van der Waals surface area contributed by atoms with Crippen molar-refractivity contribution in [1.29, 1.82) is 0 Å². The molecule has 132 valence electrons. The molecule has 0 spiro atoms. The van der Waals surface area contributed by atoms with Gasteiger partial charge in [-0.2, -0.15) is 0 Å². The van der Waals surface area contributed by atoms with Crippen molar-refractivity contribution in [2.45, 2.75) is 13.0 Å². The summed E-state index contributed by atoms with van der Waals surface area (Å²) >= 11 is 0. The molecule has 2 aromatic carbocycles. The lowest BCUT2D eigenvalue weighted by molar-refractivity contribution is -0.121. The van der Waals surface area contributed by atoms with Crippen LogP contribution in [0.15, 0.2) is 60.9 Å². The Morgan fingerprint density at radius 2 is 2.04 bits per heavy atom. The maximum atomic E-state index is 12.4. The predicted molar refractivity (Wildman–Crippen MR) is 104 cm³/mol. The van der Waals surface area contributed by atoms with Gasteiger partial charge in [-0.25, -0.2) is 0 Å². The van der Waals surface area contributed by atoms with Gasteiger partial charge in [0.1, 0.15) is 12.3 Å². The quantitative estimate of drug-likeness (QED) is 0.561. The number of nitrogens with one attached hydrogen (secondary N) is 2. The fraction of sp³-hybridized carbons (Fsp3) is 0.190. The zero-order chi connectivity index (χ0) is 17.9. The van der Waals surface area contributed by atoms with E-state index in [1.54, 1.807) is 7.11 Å². The van der Waals surface area contributed by atoms with E-state index >= 15 is 0 Å². The summed E-state index contributed by atoms with van der Waals surface area (Å²) in [5, 5.41) is 5.29. The minimum atomic E-state index is -0.00625. The average molecular weight is 347 g/mol. The molecule has 2 N–H and O–H groups in total. The van der Waals surface area contributed by atoms with Crippen molar-refractivity contribution in [1.82, 2.24) is 14.9 Å². The van der Waals surface area contributed by atoms with Crippen molar-refractivity contribution >= 4 is 27.7 Å². The van der Waals surface area contributed by atoms with E-state index in [1.165, 1.54) is 10.9 Å². The molecule has 0 bridgehead atoms. The lowest BCUT2D eigenvalue weighted by atomic mass is 10.1. The molecular formula is C21H21N3O2. The second-order valence-corrected chi connectivity index (χ2v) is 6.30. The summed E-state index contributed by atoms with van der Waals surface area (Å²) in [6.07, 6.45) is 4.74. The normalized spacial score (nSPS) is 11.1. The topological polar surface area (TPSA) is 59.0 Å². The second-order valence-electron chi connectivity index (χ2n) is 6.30. The van der Waals surface area contributed by atoms with Crippen LogP contribution in [0.1, 0.15) is 5.56 Å². The first-order valence-corrected chi connectivity index (χ1v) is 8.70. The first-order chi connectivity index (χ1) is 12.8. The summed E-state index contributed by atoms with van der Waals surface area (Å²) in [4.78, 5) is 15.6. The molecule has 2 heterocycles. The maximum Gasteiger partial charge on any atom is 0.239 e. The number of para-hydroxylation sites is 2. The number of hydrogen-bond donors (Lipinski definition) is 2. The van der Waals surface area contributed by atoms with Crippen molar-refractivity contribution < 1.29 is 9.53 Å². The van der Waals surface area contributed by atoms with E-state index in [2.05, 4.69) is 22.4 Å². The molecule has 4 aromatic rings. The number of aromatic amines is 1. The van der Waals surface area contributed by atoms with Crippen molar-refractivity contribution in [2.24, 2.45) is 0 Å². The molecule has 0 atom stereocenters. The highest BCUT2D eigenvalue weighted by molar-refractivity contribution is 5.88. The fourth-order valence-electron chi connectivity index (χ4n) is 3.41. The SMILES string of the molecule is COc1cccc2ccn(CC(=O)NCCc3c[nH]c4ccccc34)c12. The third kappa shape index (κ3) is 3.04. The first kappa shape index (κ1) is 16.3. The summed E-state index contributed by atoms with van der Waals surface area (Å²) in [6, 6.07) is 16.1. The molecule has 26 heavy (non-hydrogen) atoms. The average Bonchev–Trinajstić information content (AvgIpc) is 3.26. The van der Waals surface area contributed by atoms with Gasteiger partial charge in [-0.05, 0) is 30.2 Å². The summed E-state index contributed by atoms with van der Waals surface area (Å²) < 4.78 is 7.35. The fourth-order valence-corrected chi connectivity index (χ4v) is 3.41. The van der Waals surface area contributed by atoms with Gasteiger partial charge in [-0.15, -0.1) is 0 Å². The van der Waals surface area contributed by atoms with Gasteiger partial charge in [0.2, 0.25) is 5.91 Å². The van der Waals surface area contributed by atoms with E-state index in [-0.39, 0.29) is 12.5 Å². The highest BCUT2D eigenvalue weighted by Crippen LogP contribution is 2.26. The molecule has 0 radical (unpaired) electrons. The number of fused-ring (bicyclic) bond motifs is 2. The van der Waals surface area contributed by atoms with E-state index in [0.29, 0.717) is 6.54 Å². The Labute approximate surface area is 151 Å². The minimum absolute atomic E-state index is 0.00625. The van der Waals surface area contributed by atoms with E-state index in [9.17, 15) is 4.79 Å². The lowest BCUT2D eigenvalue weighted by Gasteiger charge is -2.09. The Bertz CT molecular complexity index is 1060. The molecule has 5 nitrogen and oxygen atoms in total. The Kier molecular flexibility index (Phi) is 4.35. The van der Waals surface area contributed by atoms with E-state index in [0.717, 1.165) is 28.6 Å². The highest BCUT2D eigenvalue weighted by atomic mass is 16.5. The number of hydrogen-bond acceptors (Lipinski definition) is 2. The highest BCUT2D eigenvalue weighted by Gasteiger charge is 2.10. The molecule has 0 aliphatic heterocycles. The largest absolute Gasteiger partial charge is 0.495 e. The Morgan fingerprint density at radius 3 is 2.92 bits per heavy atom. The van der Waals surface area contributed by atoms with Crippen LogP contribution in [0.3, 0.4) is 0 Å². The van der Waals surface area contributed by atoms with E-state index < -0.39 is 0 Å². The number of ether oxygens (including phenoxy) is 1. The van der Waals surface area contributed by atoms with Crippen molar-refractivity contribution in [3.8, 4) is 5.75 Å². The smallest absolute Gasteiger partial charge is 0.239 e. The van der Waals surface area contributed by atoms with Crippen molar-refractivity contribution in [3.63, 3.8) is 0 Å². The van der Waals surface area contributed by atoms with Gasteiger partial charge in [0.15, 0.2) is 0 Å². The number of amides is 1. The van der Waals surface area contributed by atoms with Crippen molar-refractivity contribution in [2.75, 3.05) is 13.7 Å². The molecule has 1 amide bonds. The van der Waals surface area contributed by atoms with Gasteiger partial charge in [0.05, 0.1) is 12.6 Å². The van der Waals surface area contributed by atoms with Gasteiger partial charge in [-0.1, -0.05) is 30.3 Å². The van der Waals surface area contributed by atoms with Crippen LogP contribution in [0.5, 0.6) is 5.75 Å². The van der Waals surface area contributed by atoms with Gasteiger partial charge < -0.3 is 19.6 Å². The molecule has 0 unspecified atom stereocenters. The number of rotatable bonds is 6. The van der Waals surface area contributed by atoms with Gasteiger partial charge in [-0.3, -0.25) is 4.79 Å². The van der Waals surface area contributed by atoms with Crippen LogP contribution in [-0.2, 0) is 17.8 Å². The summed E-state index contributed by atoms with van der Waals surface area (Å²) in [5.74, 6) is 0.771. The zero-order valence-corrected chi connectivity index (χ0v) is 14.7. The number of H-pyrrole nitrogens is 1. The van der Waals surface area contributed by atoms with Crippen LogP contribution < -0.4 is 10.1 Å². The van der Waals surface area contributed by atoms with Crippen LogP contribution in [-0.4, -0.2) is 29.1 Å². The number of methoxy groups -OCH3 is 1. The summed E-state index contributed by atoms with van der Waals surface area (Å²) in [7, 11) is 1.65. The molecule has 0 saturated heterocycles. The Balaban J connectivity index is 1.40. The third-order valence-corrected chi connectivity index (χ3v) is 4.68. The number of carbonyl (C=O) groups excluding carboxylic acids is 1. The number of nitrogens with zero attached hydrogens (tertiary/aromatic N) is 1. The second kappa shape index (κ2) is 6.96. The molecule has 2 aromatic heterocycles. The molecule has 0 aliphatic carbocycles. The Hall–Kier alpha value is -3.21. The monoisotopic (exact) mass is 347 g/mol. The van der Waals surface area contributed by atoms with E-state index in [4.69, 9.17) is 4.74 Å². The molecule has 0 saturated carbocycles. The van der Waals surface area contributed by atoms with Crippen LogP contribution >= 0.6 is 0 Å².